The summed E-state index contributed by atoms with van der Waals surface area (Å²) in [6.07, 6.45) is 1.82. The van der Waals surface area contributed by atoms with Gasteiger partial charge in [-0.1, -0.05) is 0 Å². The first kappa shape index (κ1) is 19.8. The second-order valence-corrected chi connectivity index (χ2v) is 7.61. The van der Waals surface area contributed by atoms with Crippen molar-refractivity contribution in [2.45, 2.75) is 39.7 Å². The van der Waals surface area contributed by atoms with Crippen molar-refractivity contribution in [3.05, 3.63) is 11.4 Å². The molecule has 1 N–H and O–H groups in total. The van der Waals surface area contributed by atoms with Gasteiger partial charge >= 0.3 is 0 Å². The van der Waals surface area contributed by atoms with Crippen molar-refractivity contribution in [2.75, 3.05) is 44.7 Å². The van der Waals surface area contributed by atoms with Crippen LogP contribution in [-0.2, 0) is 21.4 Å². The molecule has 2 unspecified atom stereocenters. The number of carbonyl (C=O) groups excluding carboxylic acids is 2. The van der Waals surface area contributed by atoms with Crippen LogP contribution in [0.4, 0.5) is 5.69 Å². The Kier molecular flexibility index (Phi) is 6.16. The molecule has 2 aliphatic rings. The van der Waals surface area contributed by atoms with Crippen molar-refractivity contribution < 1.29 is 14.3 Å². The largest absolute Gasteiger partial charge is 0.378 e. The number of hydrogen-bond acceptors (Lipinski definition) is 5. The highest BCUT2D eigenvalue weighted by molar-refractivity contribution is 5.95. The minimum atomic E-state index is -0.288. The van der Waals surface area contributed by atoms with E-state index in [4.69, 9.17) is 4.74 Å². The van der Waals surface area contributed by atoms with E-state index in [0.717, 1.165) is 36.5 Å². The molecule has 27 heavy (non-hydrogen) atoms. The van der Waals surface area contributed by atoms with Gasteiger partial charge in [-0.3, -0.25) is 19.2 Å². The SMILES string of the molecule is Cc1nn(C)c(C)c1NC(=O)C(C)N1CCCC(C(=O)N2CCOCC2)C1. The van der Waals surface area contributed by atoms with Gasteiger partial charge in [-0.15, -0.1) is 0 Å². The number of aromatic nitrogens is 2. The van der Waals surface area contributed by atoms with Gasteiger partial charge in [-0.25, -0.2) is 0 Å². The fraction of sp³-hybridized carbons (Fsp3) is 0.737. The van der Waals surface area contributed by atoms with Gasteiger partial charge in [0.2, 0.25) is 11.8 Å². The van der Waals surface area contributed by atoms with Gasteiger partial charge in [0, 0.05) is 26.7 Å². The molecular weight excluding hydrogens is 346 g/mol. The molecule has 2 atom stereocenters. The molecule has 0 bridgehead atoms. The van der Waals surface area contributed by atoms with E-state index in [9.17, 15) is 9.59 Å². The molecule has 1 aromatic rings. The first-order valence-electron chi connectivity index (χ1n) is 9.80. The maximum atomic E-state index is 12.8. The smallest absolute Gasteiger partial charge is 0.241 e. The van der Waals surface area contributed by atoms with Crippen LogP contribution in [0.5, 0.6) is 0 Å². The van der Waals surface area contributed by atoms with Gasteiger partial charge in [0.05, 0.1) is 42.2 Å². The molecule has 0 radical (unpaired) electrons. The molecule has 8 heteroatoms. The van der Waals surface area contributed by atoms with Crippen LogP contribution in [0, 0.1) is 19.8 Å². The number of anilines is 1. The Morgan fingerprint density at radius 3 is 2.56 bits per heavy atom. The minimum Gasteiger partial charge on any atom is -0.378 e. The van der Waals surface area contributed by atoms with Crippen LogP contribution in [0.3, 0.4) is 0 Å². The number of amides is 2. The third kappa shape index (κ3) is 4.32. The quantitative estimate of drug-likeness (QED) is 0.845. The number of morpholine rings is 1. The zero-order valence-corrected chi connectivity index (χ0v) is 16.8. The van der Waals surface area contributed by atoms with Crippen molar-refractivity contribution in [3.63, 3.8) is 0 Å². The second kappa shape index (κ2) is 8.39. The van der Waals surface area contributed by atoms with Gasteiger partial charge in [0.25, 0.3) is 0 Å². The molecule has 8 nitrogen and oxygen atoms in total. The second-order valence-electron chi connectivity index (χ2n) is 7.61. The fourth-order valence-electron chi connectivity index (χ4n) is 3.95. The Labute approximate surface area is 160 Å². The number of aryl methyl sites for hydroxylation is 2. The molecule has 0 saturated carbocycles. The number of likely N-dealkylation sites (tertiary alicyclic amines) is 1. The Hall–Kier alpha value is -1.93. The maximum absolute atomic E-state index is 12.8. The average Bonchev–Trinajstić information content (AvgIpc) is 2.93. The molecule has 2 amide bonds. The molecule has 0 aromatic carbocycles. The van der Waals surface area contributed by atoms with E-state index in [1.54, 1.807) is 4.68 Å². The number of rotatable bonds is 4. The van der Waals surface area contributed by atoms with E-state index >= 15 is 0 Å². The van der Waals surface area contributed by atoms with Crippen LogP contribution < -0.4 is 5.32 Å². The lowest BCUT2D eigenvalue weighted by molar-refractivity contribution is -0.142. The van der Waals surface area contributed by atoms with Crippen LogP contribution in [0.1, 0.15) is 31.2 Å². The molecule has 2 saturated heterocycles. The minimum absolute atomic E-state index is 0.0334. The number of nitrogens with zero attached hydrogens (tertiary/aromatic N) is 4. The van der Waals surface area contributed by atoms with Gasteiger partial charge < -0.3 is 15.0 Å². The first-order valence-corrected chi connectivity index (χ1v) is 9.80. The Balaban J connectivity index is 1.61. The third-order valence-electron chi connectivity index (χ3n) is 5.81. The van der Waals surface area contributed by atoms with Crippen LogP contribution in [-0.4, -0.2) is 76.8 Å². The lowest BCUT2D eigenvalue weighted by atomic mass is 9.95. The number of carbonyl (C=O) groups is 2. The van der Waals surface area contributed by atoms with E-state index in [1.807, 2.05) is 32.7 Å². The lowest BCUT2D eigenvalue weighted by Crippen LogP contribution is -2.52. The zero-order valence-electron chi connectivity index (χ0n) is 16.8. The molecule has 1 aromatic heterocycles. The summed E-state index contributed by atoms with van der Waals surface area (Å²) in [5.74, 6) is 0.122. The third-order valence-corrected chi connectivity index (χ3v) is 5.81. The summed E-state index contributed by atoms with van der Waals surface area (Å²) in [7, 11) is 1.87. The summed E-state index contributed by atoms with van der Waals surface area (Å²) >= 11 is 0. The maximum Gasteiger partial charge on any atom is 0.241 e. The van der Waals surface area contributed by atoms with Crippen LogP contribution in [0.15, 0.2) is 0 Å². The average molecular weight is 377 g/mol. The van der Waals surface area contributed by atoms with E-state index in [1.165, 1.54) is 0 Å². The molecule has 150 valence electrons. The predicted molar refractivity (Wildman–Crippen MR) is 102 cm³/mol. The summed E-state index contributed by atoms with van der Waals surface area (Å²) in [5.41, 5.74) is 2.54. The highest BCUT2D eigenvalue weighted by atomic mass is 16.5. The normalized spacial score (nSPS) is 22.5. The summed E-state index contributed by atoms with van der Waals surface area (Å²) in [4.78, 5) is 29.6. The van der Waals surface area contributed by atoms with Crippen molar-refractivity contribution >= 4 is 17.5 Å². The van der Waals surface area contributed by atoms with Crippen molar-refractivity contribution in [3.8, 4) is 0 Å². The summed E-state index contributed by atoms with van der Waals surface area (Å²) in [6, 6.07) is -0.288. The number of piperidine rings is 1. The molecule has 0 aliphatic carbocycles. The van der Waals surface area contributed by atoms with Gasteiger partial charge in [0.1, 0.15) is 0 Å². The number of ether oxygens (including phenoxy) is 1. The van der Waals surface area contributed by atoms with Crippen molar-refractivity contribution in [1.29, 1.82) is 0 Å². The standard InChI is InChI=1S/C19H31N5O3/c1-13-17(14(2)22(4)21-13)20-18(25)15(3)24-7-5-6-16(12-24)19(26)23-8-10-27-11-9-23/h15-16H,5-12H2,1-4H3,(H,20,25). The summed E-state index contributed by atoms with van der Waals surface area (Å²) in [6.45, 7) is 9.80. The predicted octanol–water partition coefficient (Wildman–Crippen LogP) is 0.935. The van der Waals surface area contributed by atoms with E-state index in [0.29, 0.717) is 32.8 Å². The van der Waals surface area contributed by atoms with Crippen LogP contribution in [0.25, 0.3) is 0 Å². The van der Waals surface area contributed by atoms with E-state index < -0.39 is 0 Å². The van der Waals surface area contributed by atoms with Crippen molar-refractivity contribution in [1.82, 2.24) is 19.6 Å². The topological polar surface area (TPSA) is 79.7 Å². The number of nitrogens with one attached hydrogen (secondary N) is 1. The molecular formula is C19H31N5O3. The fourth-order valence-corrected chi connectivity index (χ4v) is 3.95. The van der Waals surface area contributed by atoms with Crippen molar-refractivity contribution in [2.24, 2.45) is 13.0 Å². The van der Waals surface area contributed by atoms with E-state index in [2.05, 4.69) is 15.3 Å². The lowest BCUT2D eigenvalue weighted by Gasteiger charge is -2.38. The van der Waals surface area contributed by atoms with Gasteiger partial charge in [-0.05, 0) is 40.2 Å². The summed E-state index contributed by atoms with van der Waals surface area (Å²) in [5, 5.41) is 7.38. The Morgan fingerprint density at radius 1 is 1.22 bits per heavy atom. The first-order chi connectivity index (χ1) is 12.9. The Morgan fingerprint density at radius 2 is 1.93 bits per heavy atom. The molecule has 3 heterocycles. The van der Waals surface area contributed by atoms with Crippen LogP contribution in [0.2, 0.25) is 0 Å². The van der Waals surface area contributed by atoms with Crippen LogP contribution >= 0.6 is 0 Å². The monoisotopic (exact) mass is 377 g/mol. The highest BCUT2D eigenvalue weighted by Gasteiger charge is 2.33. The highest BCUT2D eigenvalue weighted by Crippen LogP contribution is 2.23. The van der Waals surface area contributed by atoms with Gasteiger partial charge in [-0.2, -0.15) is 5.10 Å². The van der Waals surface area contributed by atoms with Gasteiger partial charge in [0.15, 0.2) is 0 Å². The Bertz CT molecular complexity index is 696. The molecule has 2 fully saturated rings. The molecule has 3 rings (SSSR count). The molecule has 2 aliphatic heterocycles. The van der Waals surface area contributed by atoms with E-state index in [-0.39, 0.29) is 23.8 Å². The number of hydrogen-bond donors (Lipinski definition) is 1. The molecule has 0 spiro atoms. The summed E-state index contributed by atoms with van der Waals surface area (Å²) < 4.78 is 7.11. The zero-order chi connectivity index (χ0) is 19.6.